The van der Waals surface area contributed by atoms with Crippen molar-refractivity contribution in [2.75, 3.05) is 0 Å². The van der Waals surface area contributed by atoms with Gasteiger partial charge in [0, 0.05) is 6.20 Å². The Balaban J connectivity index is 1.71. The fourth-order valence-electron chi connectivity index (χ4n) is 4.30. The number of fused-ring (bicyclic) bond motifs is 2. The van der Waals surface area contributed by atoms with Gasteiger partial charge < -0.3 is 9.88 Å². The van der Waals surface area contributed by atoms with Gasteiger partial charge in [-0.2, -0.15) is 0 Å². The van der Waals surface area contributed by atoms with Crippen LogP contribution in [0.2, 0.25) is 0 Å². The molecule has 0 aliphatic heterocycles. The van der Waals surface area contributed by atoms with Crippen LogP contribution in [-0.4, -0.2) is 19.9 Å². The number of amides is 1. The molecule has 1 atom stereocenters. The Bertz CT molecular complexity index is 1720. The van der Waals surface area contributed by atoms with Crippen LogP contribution in [0.5, 0.6) is 0 Å². The van der Waals surface area contributed by atoms with Crippen molar-refractivity contribution in [1.29, 1.82) is 5.41 Å². The lowest BCUT2D eigenvalue weighted by atomic mass is 10.1. The van der Waals surface area contributed by atoms with E-state index in [0.29, 0.717) is 11.2 Å². The molecule has 0 bridgehead atoms. The number of carbonyl (C=O) groups excluding carboxylic acids is 1. The second-order valence-corrected chi connectivity index (χ2v) is 8.76. The number of pyridine rings is 2. The standard InChI is InChI=1S/C28H24FN5O2/c1-17-7-6-14-33-25(17)32-26-23(28(33)36)15-22(27(35)31-18(2)20-8-4-3-5-9-20)24(30)34(26)16-19-10-12-21(29)13-11-19/h3-15,18,30H,16H2,1-2H3,(H,31,35). The summed E-state index contributed by atoms with van der Waals surface area (Å²) in [4.78, 5) is 31.6. The molecule has 36 heavy (non-hydrogen) atoms. The van der Waals surface area contributed by atoms with Gasteiger partial charge >= 0.3 is 0 Å². The van der Waals surface area contributed by atoms with E-state index in [0.717, 1.165) is 11.1 Å². The Hall–Kier alpha value is -4.59. The number of nitrogens with one attached hydrogen (secondary N) is 2. The molecule has 0 spiro atoms. The maximum Gasteiger partial charge on any atom is 0.267 e. The molecule has 0 saturated heterocycles. The molecule has 2 N–H and O–H groups in total. The van der Waals surface area contributed by atoms with Crippen LogP contribution in [0.15, 0.2) is 83.8 Å². The van der Waals surface area contributed by atoms with Crippen molar-refractivity contribution >= 4 is 22.6 Å². The van der Waals surface area contributed by atoms with E-state index in [9.17, 15) is 14.0 Å². The molecule has 1 amide bonds. The summed E-state index contributed by atoms with van der Waals surface area (Å²) < 4.78 is 16.5. The van der Waals surface area contributed by atoms with Gasteiger partial charge in [-0.3, -0.25) is 19.4 Å². The predicted octanol–water partition coefficient (Wildman–Crippen LogP) is 4.12. The first kappa shape index (κ1) is 23.2. The zero-order chi connectivity index (χ0) is 25.4. The molecule has 3 heterocycles. The molecule has 3 aromatic heterocycles. The normalized spacial score (nSPS) is 12.1. The van der Waals surface area contributed by atoms with E-state index in [-0.39, 0.29) is 46.0 Å². The number of aromatic nitrogens is 3. The SMILES string of the molecule is Cc1cccn2c(=O)c3cc(C(=O)NC(C)c4ccccc4)c(=N)n(Cc4ccc(F)cc4)c3nc12. The largest absolute Gasteiger partial charge is 0.345 e. The molecule has 0 radical (unpaired) electrons. The Morgan fingerprint density at radius 3 is 2.50 bits per heavy atom. The second-order valence-electron chi connectivity index (χ2n) is 8.76. The van der Waals surface area contributed by atoms with Crippen LogP contribution in [0.1, 0.15) is 40.0 Å². The number of halogens is 1. The Labute approximate surface area is 206 Å². The highest BCUT2D eigenvalue weighted by atomic mass is 19.1. The number of nitrogens with zero attached hydrogens (tertiary/aromatic N) is 3. The van der Waals surface area contributed by atoms with Gasteiger partial charge in [0.15, 0.2) is 0 Å². The predicted molar refractivity (Wildman–Crippen MR) is 135 cm³/mol. The lowest BCUT2D eigenvalue weighted by Gasteiger charge is -2.17. The summed E-state index contributed by atoms with van der Waals surface area (Å²) in [5, 5.41) is 12.1. The van der Waals surface area contributed by atoms with E-state index in [4.69, 9.17) is 10.4 Å². The molecule has 0 fully saturated rings. The second kappa shape index (κ2) is 9.22. The highest BCUT2D eigenvalue weighted by Gasteiger charge is 2.20. The van der Waals surface area contributed by atoms with Crippen molar-refractivity contribution in [3.8, 4) is 0 Å². The topological polar surface area (TPSA) is 92.3 Å². The molecule has 2 aromatic carbocycles. The highest BCUT2D eigenvalue weighted by Crippen LogP contribution is 2.16. The van der Waals surface area contributed by atoms with Gasteiger partial charge in [0.05, 0.1) is 23.5 Å². The summed E-state index contributed by atoms with van der Waals surface area (Å²) in [7, 11) is 0. The lowest BCUT2D eigenvalue weighted by Crippen LogP contribution is -2.36. The van der Waals surface area contributed by atoms with Crippen LogP contribution in [0.4, 0.5) is 4.39 Å². The first-order valence-corrected chi connectivity index (χ1v) is 11.5. The van der Waals surface area contributed by atoms with Gasteiger partial charge in [-0.05, 0) is 54.8 Å². The van der Waals surface area contributed by atoms with Gasteiger partial charge in [0.1, 0.15) is 22.6 Å². The Kier molecular flexibility index (Phi) is 5.93. The zero-order valence-corrected chi connectivity index (χ0v) is 19.8. The van der Waals surface area contributed by atoms with Crippen molar-refractivity contribution in [1.82, 2.24) is 19.3 Å². The smallest absolute Gasteiger partial charge is 0.267 e. The van der Waals surface area contributed by atoms with Crippen molar-refractivity contribution in [3.63, 3.8) is 0 Å². The molecule has 7 nitrogen and oxygen atoms in total. The monoisotopic (exact) mass is 481 g/mol. The quantitative estimate of drug-likeness (QED) is 0.370. The minimum absolute atomic E-state index is 0.0545. The van der Waals surface area contributed by atoms with Gasteiger partial charge in [-0.15, -0.1) is 0 Å². The number of hydrogen-bond acceptors (Lipinski definition) is 4. The van der Waals surface area contributed by atoms with Gasteiger partial charge in [-0.25, -0.2) is 9.37 Å². The number of hydrogen-bond donors (Lipinski definition) is 2. The van der Waals surface area contributed by atoms with Crippen LogP contribution >= 0.6 is 0 Å². The summed E-state index contributed by atoms with van der Waals surface area (Å²) in [5.41, 5.74) is 2.81. The van der Waals surface area contributed by atoms with Gasteiger partial charge in [0.2, 0.25) is 0 Å². The van der Waals surface area contributed by atoms with E-state index in [1.165, 1.54) is 27.2 Å². The lowest BCUT2D eigenvalue weighted by molar-refractivity contribution is 0.0937. The fraction of sp³-hybridized carbons (Fsp3) is 0.143. The molecular weight excluding hydrogens is 457 g/mol. The maximum absolute atomic E-state index is 13.5. The van der Waals surface area contributed by atoms with Crippen LogP contribution in [0.25, 0.3) is 16.7 Å². The number of carbonyl (C=O) groups is 1. The molecule has 180 valence electrons. The van der Waals surface area contributed by atoms with Gasteiger partial charge in [-0.1, -0.05) is 48.5 Å². The van der Waals surface area contributed by atoms with Crippen molar-refractivity contribution in [2.45, 2.75) is 26.4 Å². The minimum atomic E-state index is -0.472. The summed E-state index contributed by atoms with van der Waals surface area (Å²) in [6.07, 6.45) is 1.63. The highest BCUT2D eigenvalue weighted by molar-refractivity contribution is 5.97. The third-order valence-electron chi connectivity index (χ3n) is 6.28. The van der Waals surface area contributed by atoms with E-state index < -0.39 is 5.91 Å². The van der Waals surface area contributed by atoms with Crippen molar-refractivity contribution in [3.05, 3.63) is 123 Å². The maximum atomic E-state index is 13.5. The van der Waals surface area contributed by atoms with Crippen LogP contribution in [-0.2, 0) is 6.54 Å². The number of rotatable bonds is 5. The van der Waals surface area contributed by atoms with Crippen molar-refractivity contribution < 1.29 is 9.18 Å². The van der Waals surface area contributed by atoms with Crippen LogP contribution < -0.4 is 16.4 Å². The molecule has 0 aliphatic carbocycles. The summed E-state index contributed by atoms with van der Waals surface area (Å²) in [6.45, 7) is 3.85. The Morgan fingerprint density at radius 1 is 1.06 bits per heavy atom. The van der Waals surface area contributed by atoms with E-state index >= 15 is 0 Å². The summed E-state index contributed by atoms with van der Waals surface area (Å²) >= 11 is 0. The number of benzene rings is 2. The van der Waals surface area contributed by atoms with E-state index in [2.05, 4.69) is 5.32 Å². The average Bonchev–Trinajstić information content (AvgIpc) is 2.88. The third-order valence-corrected chi connectivity index (χ3v) is 6.28. The minimum Gasteiger partial charge on any atom is -0.345 e. The fourth-order valence-corrected chi connectivity index (χ4v) is 4.30. The number of aryl methyl sites for hydroxylation is 1. The molecular formula is C28H24FN5O2. The van der Waals surface area contributed by atoms with Gasteiger partial charge in [0.25, 0.3) is 11.5 Å². The molecule has 5 rings (SSSR count). The van der Waals surface area contributed by atoms with Crippen molar-refractivity contribution in [2.24, 2.45) is 0 Å². The molecule has 5 aromatic rings. The molecule has 1 unspecified atom stereocenters. The van der Waals surface area contributed by atoms with E-state index in [1.54, 1.807) is 24.4 Å². The molecule has 0 saturated carbocycles. The first-order chi connectivity index (χ1) is 17.3. The van der Waals surface area contributed by atoms with Crippen LogP contribution in [0, 0.1) is 18.2 Å². The molecule has 0 aliphatic rings. The molecule has 8 heteroatoms. The zero-order valence-electron chi connectivity index (χ0n) is 19.8. The summed E-state index contributed by atoms with van der Waals surface area (Å²) in [6, 6.07) is 20.1. The average molecular weight is 482 g/mol. The third kappa shape index (κ3) is 4.17. The van der Waals surface area contributed by atoms with E-state index in [1.807, 2.05) is 50.2 Å². The first-order valence-electron chi connectivity index (χ1n) is 11.5. The van der Waals surface area contributed by atoms with Crippen LogP contribution in [0.3, 0.4) is 0 Å². The summed E-state index contributed by atoms with van der Waals surface area (Å²) in [5.74, 6) is -0.847. The Morgan fingerprint density at radius 2 is 1.78 bits per heavy atom.